The number of carbonyl (C=O) groups is 5. The molecule has 6 N–H and O–H groups in total. The lowest BCUT2D eigenvalue weighted by molar-refractivity contribution is -0.128. The zero-order valence-corrected chi connectivity index (χ0v) is 35.6. The van der Waals surface area contributed by atoms with Gasteiger partial charge < -0.3 is 41.2 Å². The van der Waals surface area contributed by atoms with Gasteiger partial charge in [0.1, 0.15) is 30.0 Å². The third-order valence-electron chi connectivity index (χ3n) is 8.84. The lowest BCUT2D eigenvalue weighted by atomic mass is 10.0. The predicted molar refractivity (Wildman–Crippen MR) is 228 cm³/mol. The van der Waals surface area contributed by atoms with Crippen molar-refractivity contribution in [1.82, 2.24) is 20.5 Å². The molecule has 0 unspecified atom stereocenters. The molecule has 0 saturated heterocycles. The van der Waals surface area contributed by atoms with Crippen LogP contribution in [0.2, 0.25) is 0 Å². The van der Waals surface area contributed by atoms with E-state index in [-0.39, 0.29) is 31.1 Å². The highest BCUT2D eigenvalue weighted by Gasteiger charge is 2.30. The summed E-state index contributed by atoms with van der Waals surface area (Å²) in [7, 11) is 1.49. The summed E-state index contributed by atoms with van der Waals surface area (Å²) in [4.78, 5) is 64.1. The van der Waals surface area contributed by atoms with E-state index in [0.717, 1.165) is 4.47 Å². The molecule has 3 aromatic carbocycles. The molecule has 2 atom stereocenters. The predicted octanol–water partition coefficient (Wildman–Crippen LogP) is 6.95. The van der Waals surface area contributed by atoms with Crippen molar-refractivity contribution in [3.05, 3.63) is 93.6 Å². The fourth-order valence-corrected chi connectivity index (χ4v) is 6.32. The number of anilines is 1. The molecule has 60 heavy (non-hydrogen) atoms. The monoisotopic (exact) mass is 882 g/mol. The minimum absolute atomic E-state index is 0.129. The van der Waals surface area contributed by atoms with Crippen molar-refractivity contribution in [2.24, 2.45) is 11.7 Å². The molecule has 4 aromatic rings. The molecule has 0 aliphatic rings. The van der Waals surface area contributed by atoms with Crippen molar-refractivity contribution in [3.8, 4) is 17.9 Å². The van der Waals surface area contributed by atoms with E-state index in [0.29, 0.717) is 51.0 Å². The number of halogens is 1. The molecule has 5 amide bonds. The first-order chi connectivity index (χ1) is 28.4. The number of fused-ring (bicyclic) bond motifs is 1. The zero-order chi connectivity index (χ0) is 44.1. The SMILES string of the molecule is COc1ccc(C#N)cc1/C=C(\C#N)c1cn(C(=O)OCc2ccc(NC(=O)[C@H](CCCNC(N)=O)NC(=O)[C@@H](NC(=O)OC(C)(C)C)C(C)C)cc2)c2ccc(Br)cc12. The Balaban J connectivity index is 1.48. The van der Waals surface area contributed by atoms with E-state index in [9.17, 15) is 34.5 Å². The van der Waals surface area contributed by atoms with E-state index >= 15 is 0 Å². The molecule has 17 heteroatoms. The third-order valence-corrected chi connectivity index (χ3v) is 9.33. The van der Waals surface area contributed by atoms with Gasteiger partial charge in [-0.15, -0.1) is 0 Å². The van der Waals surface area contributed by atoms with Gasteiger partial charge in [-0.2, -0.15) is 10.5 Å². The fourth-order valence-electron chi connectivity index (χ4n) is 5.96. The van der Waals surface area contributed by atoms with Crippen LogP contribution in [-0.4, -0.2) is 65.9 Å². The standard InChI is InChI=1S/C43H47BrN8O8/c1-25(2)37(51-41(56)60-43(3,4)5)39(54)50-34(8-7-17-48-40(47)55)38(53)49-31-13-9-26(10-14-31)24-59-42(57)52-23-33(32-20-30(44)12-15-35(32)52)29(22-46)19-28-18-27(21-45)11-16-36(28)58-6/h9-16,18-20,23,25,34,37H,7-8,17,24H2,1-6H3,(H,49,53)(H,50,54)(H,51,56)(H3,47,48,55)/b29-19+/t34-,37-/m0/s1. The Hall–Kier alpha value is -6.85. The van der Waals surface area contributed by atoms with Crippen molar-refractivity contribution < 1.29 is 38.2 Å². The van der Waals surface area contributed by atoms with Crippen LogP contribution in [0.1, 0.15) is 69.7 Å². The lowest BCUT2D eigenvalue weighted by Gasteiger charge is -2.27. The van der Waals surface area contributed by atoms with Crippen LogP contribution in [0.4, 0.5) is 20.1 Å². The average molecular weight is 884 g/mol. The summed E-state index contributed by atoms with van der Waals surface area (Å²) in [5.74, 6) is -1.04. The lowest BCUT2D eigenvalue weighted by Crippen LogP contribution is -2.55. The summed E-state index contributed by atoms with van der Waals surface area (Å²) in [5.41, 5.74) is 7.42. The number of nitrogens with zero attached hydrogens (tertiary/aromatic N) is 3. The Morgan fingerprint density at radius 3 is 2.30 bits per heavy atom. The molecule has 4 rings (SSSR count). The van der Waals surface area contributed by atoms with Gasteiger partial charge in [0.05, 0.1) is 35.9 Å². The number of primary amides is 1. The van der Waals surface area contributed by atoms with Crippen LogP contribution >= 0.6 is 15.9 Å². The van der Waals surface area contributed by atoms with Gasteiger partial charge in [-0.3, -0.25) is 14.2 Å². The molecule has 0 fully saturated rings. The fraction of sp³-hybridized carbons (Fsp3) is 0.326. The number of nitriles is 2. The summed E-state index contributed by atoms with van der Waals surface area (Å²) in [6.45, 7) is 8.60. The maximum atomic E-state index is 13.5. The quantitative estimate of drug-likeness (QED) is 0.0608. The number of hydrogen-bond donors (Lipinski definition) is 5. The minimum Gasteiger partial charge on any atom is -0.496 e. The van der Waals surface area contributed by atoms with E-state index in [1.54, 1.807) is 101 Å². The van der Waals surface area contributed by atoms with Gasteiger partial charge in [0.15, 0.2) is 0 Å². The highest BCUT2D eigenvalue weighted by molar-refractivity contribution is 9.10. The first-order valence-corrected chi connectivity index (χ1v) is 19.6. The molecule has 0 saturated carbocycles. The number of ether oxygens (including phenoxy) is 3. The van der Waals surface area contributed by atoms with Gasteiger partial charge in [-0.25, -0.2) is 14.4 Å². The maximum absolute atomic E-state index is 13.5. The number of urea groups is 1. The molecule has 0 bridgehead atoms. The van der Waals surface area contributed by atoms with Crippen LogP contribution in [0.25, 0.3) is 22.6 Å². The molecular formula is C43H47BrN8O8. The number of hydrogen-bond acceptors (Lipinski definition) is 10. The molecule has 1 heterocycles. The van der Waals surface area contributed by atoms with Crippen LogP contribution in [0.5, 0.6) is 5.75 Å². The zero-order valence-electron chi connectivity index (χ0n) is 34.1. The molecule has 314 valence electrons. The molecule has 0 aliphatic heterocycles. The van der Waals surface area contributed by atoms with Crippen molar-refractivity contribution in [3.63, 3.8) is 0 Å². The number of nitrogens with two attached hydrogens (primary N) is 1. The number of nitrogens with one attached hydrogen (secondary N) is 4. The Morgan fingerprint density at radius 2 is 1.68 bits per heavy atom. The van der Waals surface area contributed by atoms with Gasteiger partial charge >= 0.3 is 18.2 Å². The first kappa shape index (κ1) is 45.8. The molecule has 0 radical (unpaired) electrons. The van der Waals surface area contributed by atoms with E-state index in [1.165, 1.54) is 17.9 Å². The molecule has 1 aromatic heterocycles. The van der Waals surface area contributed by atoms with Crippen molar-refractivity contribution >= 4 is 74.2 Å². The number of aromatic nitrogens is 1. The summed E-state index contributed by atoms with van der Waals surface area (Å²) in [6, 6.07) is 18.1. The maximum Gasteiger partial charge on any atom is 0.418 e. The second-order valence-corrected chi connectivity index (χ2v) is 15.8. The number of allylic oxidation sites excluding steroid dienone is 1. The Labute approximate surface area is 356 Å². The van der Waals surface area contributed by atoms with Crippen LogP contribution < -0.4 is 31.7 Å². The number of rotatable bonds is 15. The van der Waals surface area contributed by atoms with Crippen LogP contribution in [0.15, 0.2) is 71.3 Å². The summed E-state index contributed by atoms with van der Waals surface area (Å²) < 4.78 is 18.5. The van der Waals surface area contributed by atoms with Gasteiger partial charge in [0, 0.05) is 39.4 Å². The Morgan fingerprint density at radius 1 is 0.967 bits per heavy atom. The number of benzene rings is 3. The largest absolute Gasteiger partial charge is 0.496 e. The van der Waals surface area contributed by atoms with Gasteiger partial charge in [0.2, 0.25) is 11.8 Å². The smallest absolute Gasteiger partial charge is 0.418 e. The number of alkyl carbamates (subject to hydrolysis) is 1. The van der Waals surface area contributed by atoms with E-state index < -0.39 is 47.7 Å². The average Bonchev–Trinajstić information content (AvgIpc) is 3.57. The first-order valence-electron chi connectivity index (χ1n) is 18.8. The van der Waals surface area contributed by atoms with Crippen molar-refractivity contribution in [1.29, 1.82) is 10.5 Å². The van der Waals surface area contributed by atoms with E-state index in [4.69, 9.17) is 19.9 Å². The van der Waals surface area contributed by atoms with Crippen LogP contribution in [0, 0.1) is 28.6 Å². The third kappa shape index (κ3) is 12.8. The van der Waals surface area contributed by atoms with E-state index in [1.807, 2.05) is 0 Å². The second-order valence-electron chi connectivity index (χ2n) is 14.9. The second kappa shape index (κ2) is 20.7. The summed E-state index contributed by atoms with van der Waals surface area (Å²) in [6.07, 6.45) is 2.04. The van der Waals surface area contributed by atoms with Gasteiger partial charge in [-0.1, -0.05) is 41.9 Å². The van der Waals surface area contributed by atoms with Gasteiger partial charge in [0.25, 0.3) is 0 Å². The number of carbonyl (C=O) groups excluding carboxylic acids is 5. The van der Waals surface area contributed by atoms with E-state index in [2.05, 4.69) is 49.3 Å². The topological polar surface area (TPSA) is 240 Å². The normalized spacial score (nSPS) is 12.3. The number of methoxy groups -OCH3 is 1. The molecule has 0 spiro atoms. The molecular weight excluding hydrogens is 836 g/mol. The highest BCUT2D eigenvalue weighted by Crippen LogP contribution is 2.33. The molecule has 0 aliphatic carbocycles. The van der Waals surface area contributed by atoms with Crippen LogP contribution in [-0.2, 0) is 25.7 Å². The number of amides is 5. The minimum atomic E-state index is -1.06. The highest BCUT2D eigenvalue weighted by atomic mass is 79.9. The summed E-state index contributed by atoms with van der Waals surface area (Å²) in [5, 5.41) is 30.8. The summed E-state index contributed by atoms with van der Waals surface area (Å²) >= 11 is 3.47. The van der Waals surface area contributed by atoms with Crippen molar-refractivity contribution in [2.75, 3.05) is 19.0 Å². The Bertz CT molecular complexity index is 2350. The molecule has 16 nitrogen and oxygen atoms in total. The van der Waals surface area contributed by atoms with Crippen molar-refractivity contribution in [2.45, 2.75) is 71.8 Å². The van der Waals surface area contributed by atoms with Crippen LogP contribution in [0.3, 0.4) is 0 Å². The van der Waals surface area contributed by atoms with Gasteiger partial charge in [-0.05, 0) is 99.7 Å². The Kier molecular flexibility index (Phi) is 15.8.